The molecule has 0 saturated heterocycles. The summed E-state index contributed by atoms with van der Waals surface area (Å²) >= 11 is 0. The van der Waals surface area contributed by atoms with Gasteiger partial charge in [0.25, 0.3) is 0 Å². The standard InChI is InChI=1S/C59H112NO8P/c1-6-8-10-12-14-16-18-20-21-22-23-24-25-26-27-28-29-30-31-32-33-34-35-36-37-38-40-41-43-45-47-49-51-58(61)65-55-57(56-67-69(63,64)66-54-53-60(3,4)5)68-59(62)52-50-48-46-44-42-39-19-17-15-13-11-9-7-2/h9,11,15,17,39,42,57H,6-8,10,12-14,16,18-38,40-41,43-56H2,1-5H3/p+1/b11-9-,17-15-,42-39-. The molecule has 1 N–H and O–H groups in total. The number of likely N-dealkylation sites (N-methyl/N-ethyl adjacent to an activating group) is 1. The number of ether oxygens (including phenoxy) is 2. The highest BCUT2D eigenvalue weighted by Crippen LogP contribution is 2.43. The molecule has 406 valence electrons. The Hall–Kier alpha value is -1.77. The van der Waals surface area contributed by atoms with Crippen LogP contribution in [0.1, 0.15) is 277 Å². The van der Waals surface area contributed by atoms with Crippen LogP contribution in [0.15, 0.2) is 36.5 Å². The van der Waals surface area contributed by atoms with Crippen molar-refractivity contribution in [2.75, 3.05) is 47.5 Å². The van der Waals surface area contributed by atoms with Crippen LogP contribution in [-0.4, -0.2) is 74.9 Å². The SMILES string of the molecule is CC/C=C\C/C=C\C/C=C\CCCCCC(=O)OC(COC(=O)CCCCCCCCCCCCCCCCCCCCCCCCCCCCCCCCCC)COP(=O)(O)OCC[N+](C)(C)C. The minimum absolute atomic E-state index is 0.0268. The average molecular weight is 996 g/mol. The third kappa shape index (κ3) is 55.4. The molecule has 0 spiro atoms. The van der Waals surface area contributed by atoms with Crippen molar-refractivity contribution in [3.8, 4) is 0 Å². The Morgan fingerprint density at radius 1 is 0.464 bits per heavy atom. The van der Waals surface area contributed by atoms with Crippen LogP contribution in [0.4, 0.5) is 0 Å². The van der Waals surface area contributed by atoms with E-state index in [-0.39, 0.29) is 32.0 Å². The summed E-state index contributed by atoms with van der Waals surface area (Å²) in [6, 6.07) is 0. The molecule has 0 bridgehead atoms. The number of phosphoric ester groups is 1. The summed E-state index contributed by atoms with van der Waals surface area (Å²) in [5, 5.41) is 0. The van der Waals surface area contributed by atoms with E-state index >= 15 is 0 Å². The summed E-state index contributed by atoms with van der Waals surface area (Å²) in [4.78, 5) is 35.5. The number of rotatable bonds is 54. The van der Waals surface area contributed by atoms with E-state index in [0.29, 0.717) is 17.4 Å². The van der Waals surface area contributed by atoms with E-state index in [4.69, 9.17) is 18.5 Å². The van der Waals surface area contributed by atoms with Crippen LogP contribution in [0, 0.1) is 0 Å². The summed E-state index contributed by atoms with van der Waals surface area (Å²) < 4.78 is 34.4. The Morgan fingerprint density at radius 2 is 0.826 bits per heavy atom. The lowest BCUT2D eigenvalue weighted by Gasteiger charge is -2.24. The minimum atomic E-state index is -4.39. The molecule has 69 heavy (non-hydrogen) atoms. The summed E-state index contributed by atoms with van der Waals surface area (Å²) in [6.07, 6.45) is 62.5. The molecule has 0 rings (SSSR count). The fourth-order valence-corrected chi connectivity index (χ4v) is 9.19. The molecule has 9 nitrogen and oxygen atoms in total. The van der Waals surface area contributed by atoms with Crippen LogP contribution in [0.2, 0.25) is 0 Å². The van der Waals surface area contributed by atoms with Crippen LogP contribution in [-0.2, 0) is 32.7 Å². The fraction of sp³-hybridized carbons (Fsp3) is 0.864. The van der Waals surface area contributed by atoms with Gasteiger partial charge in [0.05, 0.1) is 27.7 Å². The Kier molecular flexibility index (Phi) is 49.8. The number of carbonyl (C=O) groups excluding carboxylic acids is 2. The van der Waals surface area contributed by atoms with Gasteiger partial charge in [-0.3, -0.25) is 18.6 Å². The number of carbonyl (C=O) groups is 2. The van der Waals surface area contributed by atoms with Crippen molar-refractivity contribution in [3.05, 3.63) is 36.5 Å². The van der Waals surface area contributed by atoms with Gasteiger partial charge in [-0.2, -0.15) is 0 Å². The Balaban J connectivity index is 3.96. The summed E-state index contributed by atoms with van der Waals surface area (Å²) in [5.74, 6) is -0.822. The number of hydrogen-bond acceptors (Lipinski definition) is 7. The number of nitrogens with zero attached hydrogens (tertiary/aromatic N) is 1. The first kappa shape index (κ1) is 67.2. The maximum absolute atomic E-state index is 12.7. The van der Waals surface area contributed by atoms with Gasteiger partial charge in [0.15, 0.2) is 6.10 Å². The highest BCUT2D eigenvalue weighted by Gasteiger charge is 2.27. The molecule has 2 unspecified atom stereocenters. The molecule has 0 aliphatic carbocycles. The minimum Gasteiger partial charge on any atom is -0.462 e. The second-order valence-electron chi connectivity index (χ2n) is 21.0. The zero-order chi connectivity index (χ0) is 50.6. The van der Waals surface area contributed by atoms with E-state index in [9.17, 15) is 19.0 Å². The topological polar surface area (TPSA) is 108 Å². The molecule has 0 aromatic carbocycles. The number of quaternary nitrogens is 1. The van der Waals surface area contributed by atoms with E-state index in [2.05, 4.69) is 50.3 Å². The molecule has 10 heteroatoms. The Morgan fingerprint density at radius 3 is 1.23 bits per heavy atom. The van der Waals surface area contributed by atoms with Crippen molar-refractivity contribution >= 4 is 19.8 Å². The lowest BCUT2D eigenvalue weighted by Crippen LogP contribution is -2.37. The number of hydrogen-bond donors (Lipinski definition) is 1. The van der Waals surface area contributed by atoms with Crippen LogP contribution < -0.4 is 0 Å². The van der Waals surface area contributed by atoms with Crippen LogP contribution in [0.5, 0.6) is 0 Å². The average Bonchev–Trinajstić information content (AvgIpc) is 3.31. The quantitative estimate of drug-likeness (QED) is 0.0211. The predicted molar refractivity (Wildman–Crippen MR) is 294 cm³/mol. The maximum atomic E-state index is 12.7. The number of allylic oxidation sites excluding steroid dienone is 6. The second kappa shape index (κ2) is 51.1. The van der Waals surface area contributed by atoms with E-state index in [1.165, 1.54) is 186 Å². The van der Waals surface area contributed by atoms with E-state index in [1.54, 1.807) is 0 Å². The van der Waals surface area contributed by atoms with Crippen molar-refractivity contribution in [2.45, 2.75) is 283 Å². The molecule has 2 atom stereocenters. The first-order chi connectivity index (χ1) is 33.5. The van der Waals surface area contributed by atoms with E-state index in [1.807, 2.05) is 21.1 Å². The van der Waals surface area contributed by atoms with Crippen LogP contribution in [0.25, 0.3) is 0 Å². The zero-order valence-corrected chi connectivity index (χ0v) is 47.0. The first-order valence-electron chi connectivity index (χ1n) is 29.2. The van der Waals surface area contributed by atoms with Crippen molar-refractivity contribution in [1.82, 2.24) is 0 Å². The molecule has 0 aromatic rings. The molecule has 0 radical (unpaired) electrons. The van der Waals surface area contributed by atoms with Gasteiger partial charge in [0.2, 0.25) is 0 Å². The van der Waals surface area contributed by atoms with Gasteiger partial charge in [-0.05, 0) is 44.9 Å². The molecule has 0 aliphatic heterocycles. The van der Waals surface area contributed by atoms with Crippen molar-refractivity contribution in [3.63, 3.8) is 0 Å². The van der Waals surface area contributed by atoms with Gasteiger partial charge in [0, 0.05) is 12.8 Å². The highest BCUT2D eigenvalue weighted by molar-refractivity contribution is 7.47. The second-order valence-corrected chi connectivity index (χ2v) is 22.5. The molecule has 0 amide bonds. The highest BCUT2D eigenvalue weighted by atomic mass is 31.2. The largest absolute Gasteiger partial charge is 0.472 e. The third-order valence-electron chi connectivity index (χ3n) is 12.9. The number of esters is 2. The van der Waals surface area contributed by atoms with Crippen molar-refractivity contribution < 1.29 is 42.1 Å². The van der Waals surface area contributed by atoms with E-state index < -0.39 is 26.5 Å². The summed E-state index contributed by atoms with van der Waals surface area (Å²) in [5.41, 5.74) is 0. The van der Waals surface area contributed by atoms with Gasteiger partial charge in [-0.15, -0.1) is 0 Å². The third-order valence-corrected chi connectivity index (χ3v) is 13.9. The predicted octanol–water partition coefficient (Wildman–Crippen LogP) is 18.0. The summed E-state index contributed by atoms with van der Waals surface area (Å²) in [7, 11) is 1.46. The van der Waals surface area contributed by atoms with Gasteiger partial charge in [-0.1, -0.05) is 256 Å². The Labute approximate surface area is 427 Å². The lowest BCUT2D eigenvalue weighted by molar-refractivity contribution is -0.870. The zero-order valence-electron chi connectivity index (χ0n) is 46.1. The molecule has 0 aliphatic rings. The van der Waals surface area contributed by atoms with Gasteiger partial charge >= 0.3 is 19.8 Å². The van der Waals surface area contributed by atoms with Gasteiger partial charge in [0.1, 0.15) is 19.8 Å². The van der Waals surface area contributed by atoms with Crippen LogP contribution >= 0.6 is 7.82 Å². The van der Waals surface area contributed by atoms with E-state index in [0.717, 1.165) is 57.8 Å². The summed E-state index contributed by atoms with van der Waals surface area (Å²) in [6.45, 7) is 4.31. The fourth-order valence-electron chi connectivity index (χ4n) is 8.44. The molecule has 0 aromatic heterocycles. The molecular formula is C59H113NO8P+. The van der Waals surface area contributed by atoms with Crippen LogP contribution in [0.3, 0.4) is 0 Å². The number of phosphoric acid groups is 1. The monoisotopic (exact) mass is 995 g/mol. The van der Waals surface area contributed by atoms with Crippen molar-refractivity contribution in [2.24, 2.45) is 0 Å². The normalized spacial score (nSPS) is 13.5. The van der Waals surface area contributed by atoms with Gasteiger partial charge < -0.3 is 18.9 Å². The van der Waals surface area contributed by atoms with Crippen molar-refractivity contribution in [1.29, 1.82) is 0 Å². The molecular weight excluding hydrogens is 882 g/mol. The van der Waals surface area contributed by atoms with Gasteiger partial charge in [-0.25, -0.2) is 4.57 Å². The smallest absolute Gasteiger partial charge is 0.462 e. The Bertz CT molecular complexity index is 1260. The first-order valence-corrected chi connectivity index (χ1v) is 30.7. The number of unbranched alkanes of at least 4 members (excludes halogenated alkanes) is 34. The molecule has 0 saturated carbocycles. The maximum Gasteiger partial charge on any atom is 0.472 e. The molecule has 0 fully saturated rings. The lowest BCUT2D eigenvalue weighted by atomic mass is 10.0. The molecule has 0 heterocycles.